The summed E-state index contributed by atoms with van der Waals surface area (Å²) in [5.74, 6) is 0. The van der Waals surface area contributed by atoms with E-state index in [0.717, 1.165) is 25.7 Å². The highest BCUT2D eigenvalue weighted by atomic mass is 16.3. The van der Waals surface area contributed by atoms with Crippen LogP contribution in [0.15, 0.2) is 11.1 Å². The lowest BCUT2D eigenvalue weighted by Crippen LogP contribution is -2.33. The number of rotatable bonds is 0. The van der Waals surface area contributed by atoms with Gasteiger partial charge in [-0.2, -0.15) is 0 Å². The highest BCUT2D eigenvalue weighted by molar-refractivity contribution is 5.19. The molecule has 13 heavy (non-hydrogen) atoms. The Bertz CT molecular complexity index is 229. The lowest BCUT2D eigenvalue weighted by atomic mass is 9.75. The minimum absolute atomic E-state index is 0.324. The molecule has 0 saturated heterocycles. The van der Waals surface area contributed by atoms with E-state index in [1.54, 1.807) is 11.1 Å². The molecule has 2 bridgehead atoms. The molecule has 74 valence electrons. The summed E-state index contributed by atoms with van der Waals surface area (Å²) in [7, 11) is 0. The van der Waals surface area contributed by atoms with Crippen molar-refractivity contribution in [3.05, 3.63) is 11.1 Å². The summed E-state index contributed by atoms with van der Waals surface area (Å²) in [4.78, 5) is 0. The van der Waals surface area contributed by atoms with Crippen LogP contribution in [0.5, 0.6) is 0 Å². The van der Waals surface area contributed by atoms with Gasteiger partial charge in [-0.05, 0) is 45.4 Å². The van der Waals surface area contributed by atoms with Gasteiger partial charge in [0, 0.05) is 0 Å². The number of hydrogen-bond acceptors (Lipinski definition) is 1. The molecule has 1 unspecified atom stereocenters. The molecule has 2 aliphatic carbocycles. The van der Waals surface area contributed by atoms with E-state index in [-0.39, 0.29) is 5.60 Å². The molecular weight excluding hydrogens is 160 g/mol. The van der Waals surface area contributed by atoms with Crippen molar-refractivity contribution in [2.75, 3.05) is 0 Å². The van der Waals surface area contributed by atoms with Gasteiger partial charge in [-0.25, -0.2) is 0 Å². The van der Waals surface area contributed by atoms with Gasteiger partial charge in [0.1, 0.15) is 0 Å². The van der Waals surface area contributed by atoms with Crippen molar-refractivity contribution in [2.45, 2.75) is 63.9 Å². The van der Waals surface area contributed by atoms with Crippen LogP contribution < -0.4 is 0 Å². The minimum atomic E-state index is -0.324. The summed E-state index contributed by atoms with van der Waals surface area (Å²) in [6.45, 7) is 2.25. The Morgan fingerprint density at radius 1 is 1.08 bits per heavy atom. The maximum absolute atomic E-state index is 10.3. The average Bonchev–Trinajstić information content (AvgIpc) is 2.07. The molecule has 1 heteroatoms. The first-order valence-electron chi connectivity index (χ1n) is 5.59. The van der Waals surface area contributed by atoms with Gasteiger partial charge in [0.05, 0.1) is 5.60 Å². The molecule has 2 rings (SSSR count). The van der Waals surface area contributed by atoms with E-state index in [0.29, 0.717) is 0 Å². The summed E-state index contributed by atoms with van der Waals surface area (Å²) >= 11 is 0. The van der Waals surface area contributed by atoms with Gasteiger partial charge in [-0.1, -0.05) is 24.0 Å². The van der Waals surface area contributed by atoms with Crippen LogP contribution in [0.3, 0.4) is 0 Å². The fraction of sp³-hybridized carbons (Fsp3) is 0.833. The van der Waals surface area contributed by atoms with Crippen LogP contribution in [0, 0.1) is 0 Å². The second kappa shape index (κ2) is 3.45. The van der Waals surface area contributed by atoms with Gasteiger partial charge < -0.3 is 5.11 Å². The van der Waals surface area contributed by atoms with Crippen molar-refractivity contribution in [1.82, 2.24) is 0 Å². The predicted molar refractivity (Wildman–Crippen MR) is 54.6 cm³/mol. The molecular formula is C12H20O. The molecule has 1 nitrogen and oxygen atoms in total. The van der Waals surface area contributed by atoms with Crippen molar-refractivity contribution in [2.24, 2.45) is 0 Å². The Balaban J connectivity index is 2.19. The number of allylic oxidation sites excluding steroid dienone is 1. The Labute approximate surface area is 80.8 Å². The smallest absolute Gasteiger partial charge is 0.0687 e. The summed E-state index contributed by atoms with van der Waals surface area (Å²) in [6, 6.07) is 0. The lowest BCUT2D eigenvalue weighted by Gasteiger charge is -2.36. The zero-order valence-corrected chi connectivity index (χ0v) is 8.60. The summed E-state index contributed by atoms with van der Waals surface area (Å²) in [5.41, 5.74) is 2.80. The third kappa shape index (κ3) is 1.96. The first kappa shape index (κ1) is 9.26. The van der Waals surface area contributed by atoms with Crippen LogP contribution in [0.1, 0.15) is 58.3 Å². The van der Waals surface area contributed by atoms with Crippen molar-refractivity contribution >= 4 is 0 Å². The molecule has 0 aromatic carbocycles. The fourth-order valence-electron chi connectivity index (χ4n) is 2.72. The van der Waals surface area contributed by atoms with E-state index in [1.165, 1.54) is 25.7 Å². The topological polar surface area (TPSA) is 20.2 Å². The van der Waals surface area contributed by atoms with Crippen molar-refractivity contribution in [3.63, 3.8) is 0 Å². The Morgan fingerprint density at radius 2 is 1.92 bits per heavy atom. The monoisotopic (exact) mass is 180 g/mol. The second-order valence-electron chi connectivity index (χ2n) is 4.85. The van der Waals surface area contributed by atoms with E-state index in [9.17, 15) is 5.11 Å². The Morgan fingerprint density at radius 3 is 2.77 bits per heavy atom. The molecule has 0 radical (unpaired) electrons. The quantitative estimate of drug-likeness (QED) is 0.568. The average molecular weight is 180 g/mol. The lowest BCUT2D eigenvalue weighted by molar-refractivity contribution is 0.0121. The zero-order valence-electron chi connectivity index (χ0n) is 8.60. The molecule has 1 N–H and O–H groups in total. The van der Waals surface area contributed by atoms with Crippen LogP contribution in [0.25, 0.3) is 0 Å². The fourth-order valence-corrected chi connectivity index (χ4v) is 2.72. The van der Waals surface area contributed by atoms with Crippen LogP contribution in [0.4, 0.5) is 0 Å². The number of hydrogen-bond donors (Lipinski definition) is 1. The molecule has 1 fully saturated rings. The van der Waals surface area contributed by atoms with E-state index in [2.05, 4.69) is 6.92 Å². The van der Waals surface area contributed by atoms with Gasteiger partial charge >= 0.3 is 0 Å². The van der Waals surface area contributed by atoms with E-state index < -0.39 is 0 Å². The van der Waals surface area contributed by atoms with E-state index >= 15 is 0 Å². The van der Waals surface area contributed by atoms with Gasteiger partial charge in [0.25, 0.3) is 0 Å². The molecule has 1 atom stereocenters. The third-order valence-electron chi connectivity index (χ3n) is 3.73. The molecule has 0 aromatic heterocycles. The summed E-state index contributed by atoms with van der Waals surface area (Å²) in [5, 5.41) is 10.3. The molecule has 0 aromatic rings. The van der Waals surface area contributed by atoms with Crippen LogP contribution in [-0.2, 0) is 0 Å². The van der Waals surface area contributed by atoms with Crippen molar-refractivity contribution in [1.29, 1.82) is 0 Å². The van der Waals surface area contributed by atoms with Gasteiger partial charge in [0.2, 0.25) is 0 Å². The summed E-state index contributed by atoms with van der Waals surface area (Å²) in [6.07, 6.45) is 9.25. The number of fused-ring (bicyclic) bond motifs is 2. The molecule has 0 heterocycles. The predicted octanol–water partition coefficient (Wildman–Crippen LogP) is 3.18. The Kier molecular flexibility index (Phi) is 2.46. The van der Waals surface area contributed by atoms with Crippen LogP contribution in [-0.4, -0.2) is 10.7 Å². The zero-order chi connectivity index (χ0) is 9.31. The van der Waals surface area contributed by atoms with Crippen molar-refractivity contribution in [3.8, 4) is 0 Å². The van der Waals surface area contributed by atoms with Crippen molar-refractivity contribution < 1.29 is 5.11 Å². The maximum atomic E-state index is 10.3. The summed E-state index contributed by atoms with van der Waals surface area (Å²) < 4.78 is 0. The highest BCUT2D eigenvalue weighted by Crippen LogP contribution is 2.39. The van der Waals surface area contributed by atoms with Crippen LogP contribution >= 0.6 is 0 Å². The van der Waals surface area contributed by atoms with Gasteiger partial charge in [-0.3, -0.25) is 0 Å². The highest BCUT2D eigenvalue weighted by Gasteiger charge is 2.32. The Hall–Kier alpha value is -0.300. The van der Waals surface area contributed by atoms with Crippen LogP contribution in [0.2, 0.25) is 0 Å². The number of aliphatic hydroxyl groups is 1. The molecule has 1 saturated carbocycles. The third-order valence-corrected chi connectivity index (χ3v) is 3.73. The first-order chi connectivity index (χ1) is 6.20. The van der Waals surface area contributed by atoms with E-state index in [4.69, 9.17) is 0 Å². The second-order valence-corrected chi connectivity index (χ2v) is 4.85. The first-order valence-corrected chi connectivity index (χ1v) is 5.59. The standard InChI is InChI=1S/C12H20O/c1-10-6-8-12(13)7-4-2-3-5-11(10)9-12/h13H,2-9H2,1H3. The van der Waals surface area contributed by atoms with E-state index in [1.807, 2.05) is 0 Å². The minimum Gasteiger partial charge on any atom is -0.390 e. The molecule has 2 aliphatic rings. The molecule has 0 spiro atoms. The molecule has 0 amide bonds. The molecule has 0 aliphatic heterocycles. The normalized spacial score (nSPS) is 35.5. The largest absolute Gasteiger partial charge is 0.390 e. The van der Waals surface area contributed by atoms with Gasteiger partial charge in [-0.15, -0.1) is 0 Å². The van der Waals surface area contributed by atoms with Gasteiger partial charge in [0.15, 0.2) is 0 Å². The maximum Gasteiger partial charge on any atom is 0.0687 e. The SMILES string of the molecule is CC1=C2CCCCCC(O)(CC1)C2.